The third-order valence-electron chi connectivity index (χ3n) is 1.75. The van der Waals surface area contributed by atoms with E-state index in [1.807, 2.05) is 0 Å². The van der Waals surface area contributed by atoms with Crippen molar-refractivity contribution in [2.24, 2.45) is 5.73 Å². The van der Waals surface area contributed by atoms with Crippen molar-refractivity contribution < 1.29 is 9.90 Å². The number of carboxylic acids is 1. The van der Waals surface area contributed by atoms with Crippen molar-refractivity contribution in [1.29, 1.82) is 0 Å². The number of nitrogens with zero attached hydrogens (tertiary/aromatic N) is 1. The van der Waals surface area contributed by atoms with Gasteiger partial charge in [-0.15, -0.1) is 0 Å². The molecule has 1 heterocycles. The second-order valence-electron chi connectivity index (χ2n) is 2.90. The highest BCUT2D eigenvalue weighted by Crippen LogP contribution is 2.19. The van der Waals surface area contributed by atoms with E-state index in [0.29, 0.717) is 10.6 Å². The van der Waals surface area contributed by atoms with Crippen LogP contribution in [0.3, 0.4) is 0 Å². The smallest absolute Gasteiger partial charge is 0.328 e. The summed E-state index contributed by atoms with van der Waals surface area (Å²) in [6, 6.07) is 1.49. The lowest BCUT2D eigenvalue weighted by Crippen LogP contribution is -2.41. The number of carboxylic acid groups (broad SMARTS) is 1. The maximum atomic E-state index is 10.7. The molecule has 0 amide bonds. The lowest BCUT2D eigenvalue weighted by molar-refractivity contribution is -0.143. The molecule has 0 saturated heterocycles. The molecule has 0 unspecified atom stereocenters. The summed E-state index contributed by atoms with van der Waals surface area (Å²) >= 11 is 5.64. The van der Waals surface area contributed by atoms with Crippen molar-refractivity contribution >= 4 is 17.6 Å². The van der Waals surface area contributed by atoms with Crippen molar-refractivity contribution in [3.63, 3.8) is 0 Å². The molecule has 0 aromatic carbocycles. The number of hydrogen-bond acceptors (Lipinski definition) is 3. The number of aliphatic carboxylic acids is 1. The van der Waals surface area contributed by atoms with E-state index in [0.717, 1.165) is 0 Å². The number of nitrogens with two attached hydrogens (primary N) is 1. The van der Waals surface area contributed by atoms with Gasteiger partial charge in [0.25, 0.3) is 0 Å². The summed E-state index contributed by atoms with van der Waals surface area (Å²) in [7, 11) is 0. The van der Waals surface area contributed by atoms with E-state index in [4.69, 9.17) is 22.4 Å². The number of carbonyl (C=O) groups is 1. The van der Waals surface area contributed by atoms with Crippen LogP contribution in [0.1, 0.15) is 12.5 Å². The molecule has 1 aromatic rings. The van der Waals surface area contributed by atoms with Gasteiger partial charge in [0.05, 0.1) is 5.02 Å². The van der Waals surface area contributed by atoms with Crippen molar-refractivity contribution in [2.45, 2.75) is 12.5 Å². The third kappa shape index (κ3) is 1.96. The fourth-order valence-corrected chi connectivity index (χ4v) is 0.993. The van der Waals surface area contributed by atoms with E-state index >= 15 is 0 Å². The number of hydrogen-bond donors (Lipinski definition) is 2. The van der Waals surface area contributed by atoms with Gasteiger partial charge in [0.2, 0.25) is 0 Å². The van der Waals surface area contributed by atoms with E-state index in [-0.39, 0.29) is 0 Å². The second kappa shape index (κ2) is 3.32. The Morgan fingerprint density at radius 3 is 2.77 bits per heavy atom. The standard InChI is InChI=1S/C8H9ClN2O2/c1-8(10,7(12)13)5-2-6(9)4-11-3-5/h2-4H,10H2,1H3,(H,12,13)/t8-/m0/s1. The molecular weight excluding hydrogens is 192 g/mol. The van der Waals surface area contributed by atoms with Crippen LogP contribution in [-0.4, -0.2) is 16.1 Å². The first-order valence-electron chi connectivity index (χ1n) is 3.58. The normalized spacial score (nSPS) is 15.0. The molecule has 4 nitrogen and oxygen atoms in total. The fraction of sp³-hybridized carbons (Fsp3) is 0.250. The van der Waals surface area contributed by atoms with Crippen LogP contribution in [0.25, 0.3) is 0 Å². The summed E-state index contributed by atoms with van der Waals surface area (Å²) in [5.74, 6) is -1.11. The van der Waals surface area contributed by atoms with Crippen LogP contribution in [0.2, 0.25) is 5.02 Å². The predicted molar refractivity (Wildman–Crippen MR) is 48.4 cm³/mol. The van der Waals surface area contributed by atoms with E-state index in [9.17, 15) is 4.79 Å². The molecule has 0 spiro atoms. The predicted octanol–water partition coefficient (Wildman–Crippen LogP) is 0.994. The summed E-state index contributed by atoms with van der Waals surface area (Å²) in [5, 5.41) is 9.16. The van der Waals surface area contributed by atoms with Gasteiger partial charge in [0.15, 0.2) is 0 Å². The van der Waals surface area contributed by atoms with Crippen LogP contribution in [-0.2, 0) is 10.3 Å². The topological polar surface area (TPSA) is 76.2 Å². The van der Waals surface area contributed by atoms with Gasteiger partial charge >= 0.3 is 5.97 Å². The number of rotatable bonds is 2. The Morgan fingerprint density at radius 1 is 1.69 bits per heavy atom. The molecule has 1 aromatic heterocycles. The molecule has 70 valence electrons. The van der Waals surface area contributed by atoms with E-state index < -0.39 is 11.5 Å². The Labute approximate surface area is 80.3 Å². The molecule has 3 N–H and O–H groups in total. The molecule has 0 fully saturated rings. The summed E-state index contributed by atoms with van der Waals surface area (Å²) in [5.41, 5.74) is 4.49. The second-order valence-corrected chi connectivity index (χ2v) is 3.34. The zero-order chi connectivity index (χ0) is 10.1. The highest BCUT2D eigenvalue weighted by atomic mass is 35.5. The van der Waals surface area contributed by atoms with Crippen molar-refractivity contribution in [3.8, 4) is 0 Å². The molecule has 0 bridgehead atoms. The first-order chi connectivity index (χ1) is 5.94. The monoisotopic (exact) mass is 200 g/mol. The zero-order valence-corrected chi connectivity index (χ0v) is 7.75. The summed E-state index contributed by atoms with van der Waals surface area (Å²) in [6.07, 6.45) is 2.81. The fourth-order valence-electron chi connectivity index (χ4n) is 0.819. The molecule has 0 aliphatic carbocycles. The molecule has 1 atom stereocenters. The van der Waals surface area contributed by atoms with Gasteiger partial charge in [-0.25, -0.2) is 4.79 Å². The molecule has 5 heteroatoms. The van der Waals surface area contributed by atoms with Crippen LogP contribution in [0.4, 0.5) is 0 Å². The average Bonchev–Trinajstić information content (AvgIpc) is 2.04. The van der Waals surface area contributed by atoms with Crippen LogP contribution in [0.5, 0.6) is 0 Å². The Hall–Kier alpha value is -1.13. The molecule has 0 aliphatic rings. The summed E-state index contributed by atoms with van der Waals surface area (Å²) < 4.78 is 0. The minimum atomic E-state index is -1.45. The summed E-state index contributed by atoms with van der Waals surface area (Å²) in [6.45, 7) is 1.39. The highest BCUT2D eigenvalue weighted by Gasteiger charge is 2.30. The minimum Gasteiger partial charge on any atom is -0.480 e. The van der Waals surface area contributed by atoms with Gasteiger partial charge in [-0.05, 0) is 13.0 Å². The van der Waals surface area contributed by atoms with Crippen molar-refractivity contribution in [3.05, 3.63) is 29.0 Å². The lowest BCUT2D eigenvalue weighted by atomic mass is 9.95. The Morgan fingerprint density at radius 2 is 2.31 bits per heavy atom. The van der Waals surface area contributed by atoms with Gasteiger partial charge in [-0.3, -0.25) is 4.98 Å². The maximum absolute atomic E-state index is 10.7. The zero-order valence-electron chi connectivity index (χ0n) is 6.99. The molecular formula is C8H9ClN2O2. The summed E-state index contributed by atoms with van der Waals surface area (Å²) in [4.78, 5) is 14.5. The molecule has 0 saturated carbocycles. The van der Waals surface area contributed by atoms with Gasteiger partial charge in [-0.1, -0.05) is 11.6 Å². The quantitative estimate of drug-likeness (QED) is 0.747. The first kappa shape index (κ1) is 9.95. The Kier molecular flexibility index (Phi) is 2.54. The van der Waals surface area contributed by atoms with E-state index in [1.54, 1.807) is 0 Å². The number of pyridine rings is 1. The molecule has 0 radical (unpaired) electrons. The van der Waals surface area contributed by atoms with Gasteiger partial charge in [-0.2, -0.15) is 0 Å². The minimum absolute atomic E-state index is 0.371. The molecule has 0 aliphatic heterocycles. The van der Waals surface area contributed by atoms with Crippen LogP contribution < -0.4 is 5.73 Å². The van der Waals surface area contributed by atoms with Gasteiger partial charge < -0.3 is 10.8 Å². The van der Waals surface area contributed by atoms with Crippen molar-refractivity contribution in [2.75, 3.05) is 0 Å². The van der Waals surface area contributed by atoms with E-state index in [1.165, 1.54) is 25.4 Å². The lowest BCUT2D eigenvalue weighted by Gasteiger charge is -2.18. The highest BCUT2D eigenvalue weighted by molar-refractivity contribution is 6.30. The average molecular weight is 201 g/mol. The first-order valence-corrected chi connectivity index (χ1v) is 3.95. The van der Waals surface area contributed by atoms with Crippen molar-refractivity contribution in [1.82, 2.24) is 4.98 Å². The number of aromatic nitrogens is 1. The Balaban J connectivity index is 3.14. The third-order valence-corrected chi connectivity index (χ3v) is 1.96. The van der Waals surface area contributed by atoms with Crippen LogP contribution in [0.15, 0.2) is 18.5 Å². The maximum Gasteiger partial charge on any atom is 0.328 e. The molecule has 13 heavy (non-hydrogen) atoms. The number of halogens is 1. The van der Waals surface area contributed by atoms with Gasteiger partial charge in [0.1, 0.15) is 5.54 Å². The van der Waals surface area contributed by atoms with E-state index in [2.05, 4.69) is 4.98 Å². The Bertz CT molecular complexity index is 339. The van der Waals surface area contributed by atoms with Crippen LogP contribution in [0, 0.1) is 0 Å². The van der Waals surface area contributed by atoms with Crippen LogP contribution >= 0.6 is 11.6 Å². The van der Waals surface area contributed by atoms with Gasteiger partial charge in [0, 0.05) is 18.0 Å². The SMILES string of the molecule is C[C@@](N)(C(=O)O)c1cncc(Cl)c1. The molecule has 1 rings (SSSR count). The largest absolute Gasteiger partial charge is 0.480 e.